The number of likely N-dealkylation sites (tertiary alicyclic amines) is 1. The molecule has 1 N–H and O–H groups in total. The van der Waals surface area contributed by atoms with Crippen molar-refractivity contribution in [3.05, 3.63) is 106 Å². The lowest BCUT2D eigenvalue weighted by molar-refractivity contribution is -0.0211. The fourth-order valence-electron chi connectivity index (χ4n) is 3.67. The van der Waals surface area contributed by atoms with Crippen molar-refractivity contribution < 1.29 is 9.90 Å². The van der Waals surface area contributed by atoms with Crippen LogP contribution in [-0.2, 0) is 5.60 Å². The van der Waals surface area contributed by atoms with Gasteiger partial charge in [-0.2, -0.15) is 0 Å². The van der Waals surface area contributed by atoms with Gasteiger partial charge in [-0.25, -0.2) is 0 Å². The topological polar surface area (TPSA) is 40.5 Å². The molecule has 1 heterocycles. The van der Waals surface area contributed by atoms with E-state index in [1.807, 2.05) is 80.6 Å². The van der Waals surface area contributed by atoms with Crippen LogP contribution < -0.4 is 0 Å². The van der Waals surface area contributed by atoms with Crippen LogP contribution in [0.1, 0.15) is 53.7 Å². The molecule has 0 spiro atoms. The van der Waals surface area contributed by atoms with Crippen LogP contribution in [0.25, 0.3) is 0 Å². The second-order valence-corrected chi connectivity index (χ2v) is 7.96. The summed E-state index contributed by atoms with van der Waals surface area (Å²) in [6, 6.07) is 24.5. The minimum atomic E-state index is -0.918. The quantitative estimate of drug-likeness (QED) is 0.499. The number of carbonyl (C=O) groups excluding carboxylic acids is 1. The molecule has 0 bridgehead atoms. The minimum Gasteiger partial charge on any atom is -0.385 e. The molecule has 1 amide bonds. The van der Waals surface area contributed by atoms with Crippen LogP contribution in [0.3, 0.4) is 0 Å². The monoisotopic (exact) mass is 445 g/mol. The van der Waals surface area contributed by atoms with Gasteiger partial charge in [-0.15, -0.1) is 0 Å². The molecule has 0 unspecified atom stereocenters. The third kappa shape index (κ3) is 5.79. The molecule has 0 radical (unpaired) electrons. The number of aliphatic hydroxyl groups is 1. The summed E-state index contributed by atoms with van der Waals surface area (Å²) in [6.07, 6.45) is 1.00. The Balaban J connectivity index is 0.00000141. The molecule has 32 heavy (non-hydrogen) atoms. The lowest BCUT2D eigenvalue weighted by Crippen LogP contribution is -2.45. The third-order valence-electron chi connectivity index (χ3n) is 5.52. The number of hydrogen-bond donors (Lipinski definition) is 1. The van der Waals surface area contributed by atoms with E-state index in [4.69, 9.17) is 11.6 Å². The number of halogens is 1. The van der Waals surface area contributed by atoms with Gasteiger partial charge in [0, 0.05) is 34.8 Å². The van der Waals surface area contributed by atoms with Crippen LogP contribution in [0.15, 0.2) is 78.9 Å². The summed E-state index contributed by atoms with van der Waals surface area (Å²) in [5.74, 6) is 6.22. The van der Waals surface area contributed by atoms with Gasteiger partial charge in [0.15, 0.2) is 0 Å². The standard InChI is InChI=1S/C26H22ClNO2.C2H6/c27-24-14-12-23(13-15-24)26(30)16-18-28(19-17-26)25(29)22-10-8-21(9-11-22)7-6-20-4-2-1-3-5-20;1-2/h1-5,8-15,30H,16-19H2;1-2H3. The highest BCUT2D eigenvalue weighted by molar-refractivity contribution is 6.30. The number of rotatable bonds is 2. The second kappa shape index (κ2) is 11.0. The number of nitrogens with zero attached hydrogens (tertiary/aromatic N) is 1. The SMILES string of the molecule is CC.O=C(c1ccc(C#Cc2ccccc2)cc1)N1CCC(O)(c2ccc(Cl)cc2)CC1. The molecule has 0 aromatic heterocycles. The lowest BCUT2D eigenvalue weighted by Gasteiger charge is -2.38. The summed E-state index contributed by atoms with van der Waals surface area (Å²) >= 11 is 5.95. The molecule has 3 nitrogen and oxygen atoms in total. The molecular weight excluding hydrogens is 418 g/mol. The van der Waals surface area contributed by atoms with Gasteiger partial charge in [0.2, 0.25) is 0 Å². The van der Waals surface area contributed by atoms with Gasteiger partial charge >= 0.3 is 0 Å². The Morgan fingerprint density at radius 1 is 0.844 bits per heavy atom. The summed E-state index contributed by atoms with van der Waals surface area (Å²) in [6.45, 7) is 5.01. The molecule has 0 atom stereocenters. The minimum absolute atomic E-state index is 0.0178. The molecule has 3 aromatic rings. The zero-order chi connectivity index (χ0) is 23.0. The van der Waals surface area contributed by atoms with Crippen molar-refractivity contribution in [1.82, 2.24) is 4.90 Å². The Morgan fingerprint density at radius 3 is 1.94 bits per heavy atom. The highest BCUT2D eigenvalue weighted by Crippen LogP contribution is 2.33. The number of carbonyl (C=O) groups is 1. The molecule has 164 valence electrons. The molecule has 1 fully saturated rings. The smallest absolute Gasteiger partial charge is 0.253 e. The molecule has 0 aliphatic carbocycles. The van der Waals surface area contributed by atoms with Crippen molar-refractivity contribution in [1.29, 1.82) is 0 Å². The largest absolute Gasteiger partial charge is 0.385 e. The van der Waals surface area contributed by atoms with E-state index >= 15 is 0 Å². The fraction of sp³-hybridized carbons (Fsp3) is 0.250. The van der Waals surface area contributed by atoms with E-state index in [9.17, 15) is 9.90 Å². The maximum atomic E-state index is 12.9. The van der Waals surface area contributed by atoms with Crippen molar-refractivity contribution in [2.24, 2.45) is 0 Å². The molecular formula is C28H28ClNO2. The van der Waals surface area contributed by atoms with Gasteiger partial charge in [-0.05, 0) is 66.9 Å². The number of amides is 1. The average Bonchev–Trinajstić information content (AvgIpc) is 2.85. The fourth-order valence-corrected chi connectivity index (χ4v) is 3.80. The Kier molecular flexibility index (Phi) is 8.11. The van der Waals surface area contributed by atoms with Gasteiger partial charge in [-0.1, -0.05) is 67.6 Å². The predicted octanol–water partition coefficient (Wildman–Crippen LogP) is 5.89. The van der Waals surface area contributed by atoms with Crippen LogP contribution >= 0.6 is 11.6 Å². The maximum absolute atomic E-state index is 12.9. The summed E-state index contributed by atoms with van der Waals surface area (Å²) in [4.78, 5) is 14.7. The van der Waals surface area contributed by atoms with Gasteiger partial charge in [0.1, 0.15) is 0 Å². The van der Waals surface area contributed by atoms with Crippen LogP contribution in [0.5, 0.6) is 0 Å². The van der Waals surface area contributed by atoms with E-state index in [1.54, 1.807) is 17.0 Å². The van der Waals surface area contributed by atoms with Gasteiger partial charge in [0.25, 0.3) is 5.91 Å². The van der Waals surface area contributed by atoms with Crippen molar-refractivity contribution >= 4 is 17.5 Å². The second-order valence-electron chi connectivity index (χ2n) is 7.52. The summed E-state index contributed by atoms with van der Waals surface area (Å²) in [5, 5.41) is 11.6. The van der Waals surface area contributed by atoms with E-state index in [-0.39, 0.29) is 5.91 Å². The van der Waals surface area contributed by atoms with E-state index in [0.717, 1.165) is 16.7 Å². The van der Waals surface area contributed by atoms with Crippen molar-refractivity contribution in [2.45, 2.75) is 32.3 Å². The Hall–Kier alpha value is -3.06. The highest BCUT2D eigenvalue weighted by Gasteiger charge is 2.35. The van der Waals surface area contributed by atoms with Crippen molar-refractivity contribution in [2.75, 3.05) is 13.1 Å². The summed E-state index contributed by atoms with van der Waals surface area (Å²) in [7, 11) is 0. The van der Waals surface area contributed by atoms with E-state index in [1.165, 1.54) is 0 Å². The molecule has 1 aliphatic rings. The first kappa shape index (κ1) is 23.6. The van der Waals surface area contributed by atoms with E-state index in [0.29, 0.717) is 36.5 Å². The van der Waals surface area contributed by atoms with E-state index < -0.39 is 5.60 Å². The zero-order valence-corrected chi connectivity index (χ0v) is 19.3. The van der Waals surface area contributed by atoms with Crippen LogP contribution in [-0.4, -0.2) is 29.0 Å². The van der Waals surface area contributed by atoms with Crippen molar-refractivity contribution in [3.8, 4) is 11.8 Å². The predicted molar refractivity (Wildman–Crippen MR) is 131 cm³/mol. The average molecular weight is 446 g/mol. The van der Waals surface area contributed by atoms with Gasteiger partial charge < -0.3 is 10.0 Å². The maximum Gasteiger partial charge on any atom is 0.253 e. The first-order valence-corrected chi connectivity index (χ1v) is 11.4. The van der Waals surface area contributed by atoms with Crippen molar-refractivity contribution in [3.63, 3.8) is 0 Å². The lowest BCUT2D eigenvalue weighted by atomic mass is 9.84. The molecule has 1 saturated heterocycles. The van der Waals surface area contributed by atoms with Gasteiger partial charge in [0.05, 0.1) is 5.60 Å². The Bertz CT molecular complexity index is 1070. The van der Waals surface area contributed by atoms with Crippen LogP contribution in [0, 0.1) is 11.8 Å². The zero-order valence-electron chi connectivity index (χ0n) is 18.5. The Labute approximate surface area is 195 Å². The van der Waals surface area contributed by atoms with Crippen LogP contribution in [0.2, 0.25) is 5.02 Å². The highest BCUT2D eigenvalue weighted by atomic mass is 35.5. The molecule has 4 heteroatoms. The molecule has 4 rings (SSSR count). The van der Waals surface area contributed by atoms with Crippen LogP contribution in [0.4, 0.5) is 0 Å². The number of hydrogen-bond acceptors (Lipinski definition) is 2. The molecule has 3 aromatic carbocycles. The third-order valence-corrected chi connectivity index (χ3v) is 5.77. The summed E-state index contributed by atoms with van der Waals surface area (Å²) < 4.78 is 0. The first-order valence-electron chi connectivity index (χ1n) is 11.0. The summed E-state index contributed by atoms with van der Waals surface area (Å²) in [5.41, 5.74) is 2.39. The normalized spacial score (nSPS) is 14.4. The van der Waals surface area contributed by atoms with E-state index in [2.05, 4.69) is 11.8 Å². The first-order chi connectivity index (χ1) is 15.5. The number of benzene rings is 3. The van der Waals surface area contributed by atoms with Gasteiger partial charge in [-0.3, -0.25) is 4.79 Å². The Morgan fingerprint density at radius 2 is 1.38 bits per heavy atom. The molecule has 0 saturated carbocycles. The molecule has 1 aliphatic heterocycles. The number of piperidine rings is 1.